The minimum atomic E-state index is -0.0608. The molecule has 1 aromatic heterocycles. The number of nitrogens with zero attached hydrogens (tertiary/aromatic N) is 1. The quantitative estimate of drug-likeness (QED) is 0.435. The van der Waals surface area contributed by atoms with Gasteiger partial charge in [-0.3, -0.25) is 10.8 Å². The van der Waals surface area contributed by atoms with E-state index in [4.69, 9.17) is 5.84 Å². The third-order valence-corrected chi connectivity index (χ3v) is 2.33. The molecule has 1 heterocycles. The van der Waals surface area contributed by atoms with Crippen LogP contribution >= 0.6 is 0 Å². The summed E-state index contributed by atoms with van der Waals surface area (Å²) in [5.41, 5.74) is 6.80. The maximum Gasteiger partial charge on any atom is 0.0836 e. The lowest BCUT2D eigenvalue weighted by Crippen LogP contribution is -2.29. The van der Waals surface area contributed by atoms with Gasteiger partial charge in [0.05, 0.1) is 11.7 Å². The van der Waals surface area contributed by atoms with Gasteiger partial charge in [-0.05, 0) is 32.4 Å². The molecule has 1 atom stereocenters. The molecule has 0 aliphatic rings. The van der Waals surface area contributed by atoms with Gasteiger partial charge in [0.1, 0.15) is 0 Å². The molecule has 0 amide bonds. The topological polar surface area (TPSA) is 50.9 Å². The molecule has 76 valence electrons. The second-order valence-electron chi connectivity index (χ2n) is 3.58. The standard InChI is InChI=1S/C11H17N3/c1-7(2)11(14-12)10-6-5-8(3)9(4)13-10/h5-6,11,14H,1,12H2,2-4H3. The van der Waals surface area contributed by atoms with Crippen LogP contribution in [-0.2, 0) is 0 Å². The van der Waals surface area contributed by atoms with Crippen LogP contribution in [0.1, 0.15) is 29.9 Å². The minimum Gasteiger partial charge on any atom is -0.271 e. The van der Waals surface area contributed by atoms with Crippen molar-refractivity contribution in [3.63, 3.8) is 0 Å². The van der Waals surface area contributed by atoms with E-state index in [0.29, 0.717) is 0 Å². The predicted molar refractivity (Wildman–Crippen MR) is 58.6 cm³/mol. The molecule has 0 spiro atoms. The number of hydrogen-bond donors (Lipinski definition) is 2. The minimum absolute atomic E-state index is 0.0608. The molecule has 0 aromatic carbocycles. The van der Waals surface area contributed by atoms with E-state index in [1.165, 1.54) is 5.56 Å². The van der Waals surface area contributed by atoms with Crippen LogP contribution in [0.5, 0.6) is 0 Å². The van der Waals surface area contributed by atoms with E-state index in [1.807, 2.05) is 32.9 Å². The van der Waals surface area contributed by atoms with Crippen LogP contribution in [0.4, 0.5) is 0 Å². The average Bonchev–Trinajstić information content (AvgIpc) is 2.11. The second kappa shape index (κ2) is 4.35. The summed E-state index contributed by atoms with van der Waals surface area (Å²) >= 11 is 0. The summed E-state index contributed by atoms with van der Waals surface area (Å²) in [6.07, 6.45) is 0. The summed E-state index contributed by atoms with van der Waals surface area (Å²) in [6.45, 7) is 9.83. The van der Waals surface area contributed by atoms with Crippen LogP contribution in [0.3, 0.4) is 0 Å². The molecule has 1 rings (SSSR count). The fourth-order valence-electron chi connectivity index (χ4n) is 1.29. The fourth-order valence-corrected chi connectivity index (χ4v) is 1.29. The number of aryl methyl sites for hydroxylation is 2. The Balaban J connectivity index is 3.06. The third-order valence-electron chi connectivity index (χ3n) is 2.33. The van der Waals surface area contributed by atoms with Crippen LogP contribution in [-0.4, -0.2) is 4.98 Å². The molecular weight excluding hydrogens is 174 g/mol. The smallest absolute Gasteiger partial charge is 0.0836 e. The lowest BCUT2D eigenvalue weighted by Gasteiger charge is -2.16. The van der Waals surface area contributed by atoms with Crippen molar-refractivity contribution in [2.24, 2.45) is 5.84 Å². The van der Waals surface area contributed by atoms with Gasteiger partial charge in [-0.15, -0.1) is 0 Å². The average molecular weight is 191 g/mol. The fraction of sp³-hybridized carbons (Fsp3) is 0.364. The van der Waals surface area contributed by atoms with Gasteiger partial charge in [-0.1, -0.05) is 18.2 Å². The van der Waals surface area contributed by atoms with E-state index in [1.54, 1.807) is 0 Å². The van der Waals surface area contributed by atoms with E-state index in [9.17, 15) is 0 Å². The molecule has 3 heteroatoms. The molecule has 3 N–H and O–H groups in total. The summed E-state index contributed by atoms with van der Waals surface area (Å²) in [7, 11) is 0. The van der Waals surface area contributed by atoms with Crippen LogP contribution in [0.15, 0.2) is 24.3 Å². The van der Waals surface area contributed by atoms with Crippen molar-refractivity contribution in [2.45, 2.75) is 26.8 Å². The Morgan fingerprint density at radius 3 is 2.57 bits per heavy atom. The number of aromatic nitrogens is 1. The Labute approximate surface area is 85.0 Å². The molecule has 0 bridgehead atoms. The molecule has 0 aliphatic carbocycles. The van der Waals surface area contributed by atoms with Crippen molar-refractivity contribution in [3.8, 4) is 0 Å². The number of hydrazine groups is 1. The SMILES string of the molecule is C=C(C)C(NN)c1ccc(C)c(C)n1. The molecule has 0 radical (unpaired) electrons. The van der Waals surface area contributed by atoms with Crippen LogP contribution in [0, 0.1) is 13.8 Å². The summed E-state index contributed by atoms with van der Waals surface area (Å²) in [4.78, 5) is 4.46. The van der Waals surface area contributed by atoms with E-state index < -0.39 is 0 Å². The van der Waals surface area contributed by atoms with Gasteiger partial charge in [0.25, 0.3) is 0 Å². The van der Waals surface area contributed by atoms with Gasteiger partial charge in [-0.2, -0.15) is 0 Å². The molecule has 14 heavy (non-hydrogen) atoms. The highest BCUT2D eigenvalue weighted by Gasteiger charge is 2.11. The highest BCUT2D eigenvalue weighted by Crippen LogP contribution is 2.18. The van der Waals surface area contributed by atoms with Gasteiger partial charge >= 0.3 is 0 Å². The van der Waals surface area contributed by atoms with E-state index in [0.717, 1.165) is 17.0 Å². The number of nitrogens with one attached hydrogen (secondary N) is 1. The van der Waals surface area contributed by atoms with Crippen LogP contribution in [0.25, 0.3) is 0 Å². The molecule has 1 aromatic rings. The lowest BCUT2D eigenvalue weighted by molar-refractivity contribution is 0.609. The zero-order chi connectivity index (χ0) is 10.7. The normalized spacial score (nSPS) is 12.6. The van der Waals surface area contributed by atoms with Crippen molar-refractivity contribution >= 4 is 0 Å². The summed E-state index contributed by atoms with van der Waals surface area (Å²) < 4.78 is 0. The van der Waals surface area contributed by atoms with E-state index in [2.05, 4.69) is 17.0 Å². The number of nitrogens with two attached hydrogens (primary N) is 1. The van der Waals surface area contributed by atoms with Crippen molar-refractivity contribution in [2.75, 3.05) is 0 Å². The van der Waals surface area contributed by atoms with Crippen LogP contribution < -0.4 is 11.3 Å². The molecule has 1 unspecified atom stereocenters. The Hall–Kier alpha value is -1.19. The Morgan fingerprint density at radius 2 is 2.14 bits per heavy atom. The first-order valence-electron chi connectivity index (χ1n) is 4.62. The van der Waals surface area contributed by atoms with Crippen LogP contribution in [0.2, 0.25) is 0 Å². The summed E-state index contributed by atoms with van der Waals surface area (Å²) in [6, 6.07) is 3.96. The Morgan fingerprint density at radius 1 is 1.50 bits per heavy atom. The maximum absolute atomic E-state index is 5.44. The molecule has 0 fully saturated rings. The zero-order valence-electron chi connectivity index (χ0n) is 8.96. The second-order valence-corrected chi connectivity index (χ2v) is 3.58. The third kappa shape index (κ3) is 2.19. The van der Waals surface area contributed by atoms with E-state index in [-0.39, 0.29) is 6.04 Å². The predicted octanol–water partition coefficient (Wildman–Crippen LogP) is 1.78. The number of hydrogen-bond acceptors (Lipinski definition) is 3. The first-order chi connectivity index (χ1) is 6.56. The zero-order valence-corrected chi connectivity index (χ0v) is 8.96. The molecule has 3 nitrogen and oxygen atoms in total. The molecule has 0 saturated heterocycles. The molecule has 0 aliphatic heterocycles. The van der Waals surface area contributed by atoms with Gasteiger partial charge < -0.3 is 0 Å². The van der Waals surface area contributed by atoms with Crippen molar-refractivity contribution in [1.29, 1.82) is 0 Å². The van der Waals surface area contributed by atoms with Crippen molar-refractivity contribution in [1.82, 2.24) is 10.4 Å². The van der Waals surface area contributed by atoms with Crippen molar-refractivity contribution in [3.05, 3.63) is 41.2 Å². The summed E-state index contributed by atoms with van der Waals surface area (Å²) in [5, 5.41) is 0. The first kappa shape index (κ1) is 10.9. The first-order valence-corrected chi connectivity index (χ1v) is 4.62. The highest BCUT2D eigenvalue weighted by atomic mass is 15.2. The Bertz CT molecular complexity index is 344. The lowest BCUT2D eigenvalue weighted by atomic mass is 10.1. The van der Waals surface area contributed by atoms with Gasteiger partial charge in [0.15, 0.2) is 0 Å². The molecular formula is C11H17N3. The summed E-state index contributed by atoms with van der Waals surface area (Å²) in [5.74, 6) is 5.44. The monoisotopic (exact) mass is 191 g/mol. The number of pyridine rings is 1. The maximum atomic E-state index is 5.44. The highest BCUT2D eigenvalue weighted by molar-refractivity contribution is 5.25. The largest absolute Gasteiger partial charge is 0.271 e. The van der Waals surface area contributed by atoms with Gasteiger partial charge in [0, 0.05) is 5.69 Å². The van der Waals surface area contributed by atoms with E-state index >= 15 is 0 Å². The molecule has 0 saturated carbocycles. The van der Waals surface area contributed by atoms with Gasteiger partial charge in [0.2, 0.25) is 0 Å². The van der Waals surface area contributed by atoms with Gasteiger partial charge in [-0.25, -0.2) is 5.43 Å². The van der Waals surface area contributed by atoms with Crippen molar-refractivity contribution < 1.29 is 0 Å². The Kier molecular flexibility index (Phi) is 3.38. The number of rotatable bonds is 3.